The van der Waals surface area contributed by atoms with E-state index in [4.69, 9.17) is 5.11 Å². The smallest absolute Gasteiger partial charge is 0.308 e. The van der Waals surface area contributed by atoms with E-state index in [1.54, 1.807) is 12.1 Å². The Hall–Kier alpha value is -1.11. The van der Waals surface area contributed by atoms with Crippen LogP contribution >= 0.6 is 22.6 Å². The van der Waals surface area contributed by atoms with Crippen LogP contribution < -0.4 is 5.32 Å². The number of aliphatic carboxylic acids is 1. The Morgan fingerprint density at radius 3 is 2.28 bits per heavy atom. The number of hydrogen-bond acceptors (Lipinski definition) is 2. The molecule has 0 bridgehead atoms. The third-order valence-electron chi connectivity index (χ3n) is 2.71. The molecule has 2 N–H and O–H groups in total. The van der Waals surface area contributed by atoms with Crippen LogP contribution in [0.4, 0.5) is 0 Å². The number of hydrogen-bond donors (Lipinski definition) is 2. The van der Waals surface area contributed by atoms with Crippen LogP contribution in [0.1, 0.15) is 24.2 Å². The maximum Gasteiger partial charge on any atom is 0.308 e. The van der Waals surface area contributed by atoms with E-state index in [1.165, 1.54) is 0 Å². The minimum absolute atomic E-state index is 0.0143. The molecule has 98 valence electrons. The van der Waals surface area contributed by atoms with Crippen molar-refractivity contribution < 1.29 is 14.7 Å². The maximum absolute atomic E-state index is 11.8. The molecule has 1 rings (SSSR count). The molecule has 0 fully saturated rings. The highest BCUT2D eigenvalue weighted by Gasteiger charge is 2.22. The Kier molecular flexibility index (Phi) is 5.58. The maximum atomic E-state index is 11.8. The first-order valence-corrected chi connectivity index (χ1v) is 6.76. The fourth-order valence-electron chi connectivity index (χ4n) is 1.51. The summed E-state index contributed by atoms with van der Waals surface area (Å²) in [5.74, 6) is -1.69. The van der Waals surface area contributed by atoms with Crippen molar-refractivity contribution in [1.29, 1.82) is 0 Å². The molecule has 0 aliphatic heterocycles. The summed E-state index contributed by atoms with van der Waals surface area (Å²) in [5.41, 5.74) is 0.545. The number of carboxylic acids is 1. The average Bonchev–Trinajstić information content (AvgIpc) is 2.28. The third-order valence-corrected chi connectivity index (χ3v) is 3.43. The van der Waals surface area contributed by atoms with Crippen molar-refractivity contribution in [2.75, 3.05) is 6.54 Å². The van der Waals surface area contributed by atoms with Gasteiger partial charge in [0.05, 0.1) is 5.92 Å². The predicted molar refractivity (Wildman–Crippen MR) is 77.5 cm³/mol. The summed E-state index contributed by atoms with van der Waals surface area (Å²) >= 11 is 2.16. The quantitative estimate of drug-likeness (QED) is 0.792. The molecule has 0 aliphatic carbocycles. The van der Waals surface area contributed by atoms with Crippen molar-refractivity contribution in [3.63, 3.8) is 0 Å². The fourth-order valence-corrected chi connectivity index (χ4v) is 1.87. The number of benzene rings is 1. The van der Waals surface area contributed by atoms with Crippen molar-refractivity contribution >= 4 is 34.5 Å². The second-order valence-electron chi connectivity index (χ2n) is 4.41. The lowest BCUT2D eigenvalue weighted by Gasteiger charge is -2.16. The van der Waals surface area contributed by atoms with Gasteiger partial charge in [-0.25, -0.2) is 0 Å². The van der Waals surface area contributed by atoms with Gasteiger partial charge in [0.1, 0.15) is 0 Å². The van der Waals surface area contributed by atoms with Gasteiger partial charge >= 0.3 is 5.97 Å². The highest BCUT2D eigenvalue weighted by molar-refractivity contribution is 14.1. The van der Waals surface area contributed by atoms with Gasteiger partial charge in [-0.3, -0.25) is 9.59 Å². The molecule has 0 spiro atoms. The van der Waals surface area contributed by atoms with Crippen LogP contribution in [-0.2, 0) is 4.79 Å². The summed E-state index contributed by atoms with van der Waals surface area (Å²) in [4.78, 5) is 22.8. The van der Waals surface area contributed by atoms with E-state index in [-0.39, 0.29) is 18.4 Å². The van der Waals surface area contributed by atoms with E-state index in [0.717, 1.165) is 3.57 Å². The van der Waals surface area contributed by atoms with Gasteiger partial charge in [-0.1, -0.05) is 13.8 Å². The molecule has 0 aromatic heterocycles. The second-order valence-corrected chi connectivity index (χ2v) is 5.65. The van der Waals surface area contributed by atoms with Crippen LogP contribution in [0.3, 0.4) is 0 Å². The lowest BCUT2D eigenvalue weighted by molar-refractivity contribution is -0.142. The minimum atomic E-state index is -0.882. The van der Waals surface area contributed by atoms with Gasteiger partial charge in [-0.15, -0.1) is 0 Å². The molecule has 0 saturated heterocycles. The largest absolute Gasteiger partial charge is 0.481 e. The highest BCUT2D eigenvalue weighted by Crippen LogP contribution is 2.11. The van der Waals surface area contributed by atoms with Crippen molar-refractivity contribution in [2.45, 2.75) is 13.8 Å². The molecule has 0 heterocycles. The highest BCUT2D eigenvalue weighted by atomic mass is 127. The van der Waals surface area contributed by atoms with Gasteiger partial charge in [0.2, 0.25) is 0 Å². The standard InChI is InChI=1S/C13H16INO3/c1-8(2)11(13(17)18)7-15-12(16)9-3-5-10(14)6-4-9/h3-6,8,11H,7H2,1-2H3,(H,15,16)(H,17,18). The number of amides is 1. The number of rotatable bonds is 5. The topological polar surface area (TPSA) is 66.4 Å². The molecule has 1 aromatic rings. The minimum Gasteiger partial charge on any atom is -0.481 e. The lowest BCUT2D eigenvalue weighted by atomic mass is 9.96. The SMILES string of the molecule is CC(C)C(CNC(=O)c1ccc(I)cc1)C(=O)O. The van der Waals surface area contributed by atoms with Gasteiger partial charge in [-0.05, 0) is 52.8 Å². The molecular formula is C13H16INO3. The zero-order valence-corrected chi connectivity index (χ0v) is 12.5. The van der Waals surface area contributed by atoms with E-state index in [0.29, 0.717) is 5.56 Å². The summed E-state index contributed by atoms with van der Waals surface area (Å²) in [6.45, 7) is 3.81. The average molecular weight is 361 g/mol. The first-order valence-electron chi connectivity index (χ1n) is 5.68. The van der Waals surface area contributed by atoms with Crippen molar-refractivity contribution in [1.82, 2.24) is 5.32 Å². The Labute approximate surface area is 120 Å². The number of carbonyl (C=O) groups excluding carboxylic acids is 1. The Morgan fingerprint density at radius 2 is 1.83 bits per heavy atom. The van der Waals surface area contributed by atoms with E-state index < -0.39 is 11.9 Å². The number of nitrogens with one attached hydrogen (secondary N) is 1. The zero-order valence-electron chi connectivity index (χ0n) is 10.3. The summed E-state index contributed by atoms with van der Waals surface area (Å²) in [6, 6.07) is 7.13. The molecule has 0 radical (unpaired) electrons. The number of carboxylic acid groups (broad SMARTS) is 1. The number of halogens is 1. The van der Waals surface area contributed by atoms with E-state index >= 15 is 0 Å². The predicted octanol–water partition coefficient (Wildman–Crippen LogP) is 2.38. The van der Waals surface area contributed by atoms with Gasteiger partial charge < -0.3 is 10.4 Å². The van der Waals surface area contributed by atoms with Crippen LogP contribution in [-0.4, -0.2) is 23.5 Å². The molecule has 1 unspecified atom stereocenters. The summed E-state index contributed by atoms with van der Waals surface area (Å²) in [5, 5.41) is 11.7. The van der Waals surface area contributed by atoms with Gasteiger partial charge in [0, 0.05) is 15.7 Å². The molecule has 1 amide bonds. The normalized spacial score (nSPS) is 12.2. The fraction of sp³-hybridized carbons (Fsp3) is 0.385. The van der Waals surface area contributed by atoms with Crippen molar-refractivity contribution in [3.05, 3.63) is 33.4 Å². The molecule has 0 aliphatic rings. The first-order chi connectivity index (χ1) is 8.41. The van der Waals surface area contributed by atoms with Crippen LogP contribution in [0, 0.1) is 15.4 Å². The number of carbonyl (C=O) groups is 2. The Balaban J connectivity index is 2.60. The lowest BCUT2D eigenvalue weighted by Crippen LogP contribution is -2.35. The van der Waals surface area contributed by atoms with Crippen molar-refractivity contribution in [3.8, 4) is 0 Å². The second kappa shape index (κ2) is 6.72. The van der Waals surface area contributed by atoms with Gasteiger partial charge in [0.15, 0.2) is 0 Å². The third kappa shape index (κ3) is 4.29. The van der Waals surface area contributed by atoms with Crippen LogP contribution in [0.15, 0.2) is 24.3 Å². The zero-order chi connectivity index (χ0) is 13.7. The molecule has 18 heavy (non-hydrogen) atoms. The molecule has 4 nitrogen and oxygen atoms in total. The van der Waals surface area contributed by atoms with E-state index in [9.17, 15) is 9.59 Å². The summed E-state index contributed by atoms with van der Waals surface area (Å²) in [7, 11) is 0. The molecule has 1 atom stereocenters. The van der Waals surface area contributed by atoms with Crippen LogP contribution in [0.2, 0.25) is 0 Å². The monoisotopic (exact) mass is 361 g/mol. The van der Waals surface area contributed by atoms with Gasteiger partial charge in [0.25, 0.3) is 5.91 Å². The summed E-state index contributed by atoms with van der Waals surface area (Å²) in [6.07, 6.45) is 0. The van der Waals surface area contributed by atoms with Crippen LogP contribution in [0.25, 0.3) is 0 Å². The van der Waals surface area contributed by atoms with Crippen molar-refractivity contribution in [2.24, 2.45) is 11.8 Å². The Bertz CT molecular complexity index is 428. The van der Waals surface area contributed by atoms with E-state index in [1.807, 2.05) is 26.0 Å². The van der Waals surface area contributed by atoms with Gasteiger partial charge in [-0.2, -0.15) is 0 Å². The van der Waals surface area contributed by atoms with Crippen LogP contribution in [0.5, 0.6) is 0 Å². The first kappa shape index (κ1) is 14.9. The molecule has 1 aromatic carbocycles. The Morgan fingerprint density at radius 1 is 1.28 bits per heavy atom. The molecule has 0 saturated carbocycles. The molecular weight excluding hydrogens is 345 g/mol. The van der Waals surface area contributed by atoms with E-state index in [2.05, 4.69) is 27.9 Å². The summed E-state index contributed by atoms with van der Waals surface area (Å²) < 4.78 is 1.05. The molecule has 5 heteroatoms.